The number of hydrogen-bond acceptors (Lipinski definition) is 5. The first-order valence-corrected chi connectivity index (χ1v) is 11.3. The van der Waals surface area contributed by atoms with Gasteiger partial charge in [-0.15, -0.1) is 0 Å². The summed E-state index contributed by atoms with van der Waals surface area (Å²) in [5.74, 6) is 0.398. The molecule has 2 aromatic heterocycles. The number of rotatable bonds is 3. The van der Waals surface area contributed by atoms with Crippen molar-refractivity contribution in [2.45, 2.75) is 49.2 Å². The number of fused-ring (bicyclic) bond motifs is 2. The van der Waals surface area contributed by atoms with Gasteiger partial charge in [0.2, 0.25) is 16.1 Å². The van der Waals surface area contributed by atoms with Crippen molar-refractivity contribution in [1.29, 1.82) is 0 Å². The minimum atomic E-state index is -3.44. The van der Waals surface area contributed by atoms with Crippen LogP contribution in [0.4, 0.5) is 11.5 Å². The van der Waals surface area contributed by atoms with Crippen LogP contribution in [0.1, 0.15) is 37.3 Å². The van der Waals surface area contributed by atoms with Crippen LogP contribution in [0.2, 0.25) is 0 Å². The maximum atomic E-state index is 12.6. The molecule has 3 heterocycles. The van der Waals surface area contributed by atoms with E-state index in [-0.39, 0.29) is 29.1 Å². The number of nitrogens with zero attached hydrogens (tertiary/aromatic N) is 3. The van der Waals surface area contributed by atoms with Gasteiger partial charge < -0.3 is 15.1 Å². The first kappa shape index (κ1) is 18.8. The summed E-state index contributed by atoms with van der Waals surface area (Å²) in [5.41, 5.74) is 1.74. The molecule has 3 N–H and O–H groups in total. The van der Waals surface area contributed by atoms with Crippen LogP contribution in [0.15, 0.2) is 40.2 Å². The van der Waals surface area contributed by atoms with Crippen LogP contribution in [0.25, 0.3) is 15.7 Å². The molecule has 0 bridgehead atoms. The predicted molar refractivity (Wildman–Crippen MR) is 112 cm³/mol. The lowest BCUT2D eigenvalue weighted by atomic mass is 9.91. The van der Waals surface area contributed by atoms with Gasteiger partial charge in [0.15, 0.2) is 5.82 Å². The monoisotopic (exact) mass is 424 g/mol. The predicted octanol–water partition coefficient (Wildman–Crippen LogP) is 2.66. The number of pyridine rings is 1. The Morgan fingerprint density at radius 1 is 1.23 bits per heavy atom. The smallest absolute Gasteiger partial charge is 0.261 e. The van der Waals surface area contributed by atoms with E-state index in [0.717, 1.165) is 25.7 Å². The molecule has 0 spiro atoms. The number of H-pyrrole nitrogens is 1. The highest BCUT2D eigenvalue weighted by Crippen LogP contribution is 2.35. The molecule has 2 aliphatic rings. The third-order valence-electron chi connectivity index (χ3n) is 5.87. The molecular formula is C20H20N6O3S. The summed E-state index contributed by atoms with van der Waals surface area (Å²) in [7, 11) is -3.44. The summed E-state index contributed by atoms with van der Waals surface area (Å²) in [6, 6.07) is 6.53. The highest BCUT2D eigenvalue weighted by molar-refractivity contribution is 7.89. The van der Waals surface area contributed by atoms with Crippen molar-refractivity contribution in [2.75, 3.05) is 5.32 Å². The molecule has 0 amide bonds. The Hall–Kier alpha value is -3.16. The standard InChI is InChI=1S/C20H20N6O3S/c1-21-14-4-2-3-5-15(14)26-16-8-9-22-20(27)18(16)19(25-26)24-13-6-7-17-12(10-13)11-23-30(17,28)29/h6-10,14-15,23H,2-5,11H2,(H,22,27)(H,24,25)/t14-,15-/m0/s1. The highest BCUT2D eigenvalue weighted by atomic mass is 32.2. The number of nitrogens with one attached hydrogen (secondary N) is 3. The van der Waals surface area contributed by atoms with Crippen LogP contribution in [-0.4, -0.2) is 29.2 Å². The van der Waals surface area contributed by atoms with Gasteiger partial charge in [-0.05, 0) is 42.7 Å². The Kier molecular flexibility index (Phi) is 4.38. The number of anilines is 2. The molecule has 1 aliphatic heterocycles. The van der Waals surface area contributed by atoms with Gasteiger partial charge in [-0.3, -0.25) is 9.48 Å². The Morgan fingerprint density at radius 3 is 2.90 bits per heavy atom. The van der Waals surface area contributed by atoms with Crippen LogP contribution in [0.5, 0.6) is 0 Å². The maximum Gasteiger partial charge on any atom is 0.261 e. The van der Waals surface area contributed by atoms with Crippen molar-refractivity contribution in [2.24, 2.45) is 0 Å². The average molecular weight is 424 g/mol. The third kappa shape index (κ3) is 2.98. The number of aromatic nitrogens is 3. The number of benzene rings is 1. The summed E-state index contributed by atoms with van der Waals surface area (Å²) in [5, 5.41) is 8.31. The number of hydrogen-bond donors (Lipinski definition) is 3. The molecule has 2 atom stereocenters. The Balaban J connectivity index is 1.59. The molecule has 0 unspecified atom stereocenters. The van der Waals surface area contributed by atoms with E-state index in [9.17, 15) is 13.2 Å². The molecule has 30 heavy (non-hydrogen) atoms. The summed E-state index contributed by atoms with van der Waals surface area (Å²) in [6.07, 6.45) is 5.32. The molecule has 154 valence electrons. The molecule has 1 saturated carbocycles. The number of sulfonamides is 1. The zero-order chi connectivity index (χ0) is 20.9. The normalized spacial score (nSPS) is 22.5. The van der Waals surface area contributed by atoms with Gasteiger partial charge in [0.05, 0.1) is 10.4 Å². The highest BCUT2D eigenvalue weighted by Gasteiger charge is 2.34. The summed E-state index contributed by atoms with van der Waals surface area (Å²) in [6.45, 7) is 7.80. The van der Waals surface area contributed by atoms with Crippen molar-refractivity contribution in [3.63, 3.8) is 0 Å². The SMILES string of the molecule is [C-]#[N+][C@H]1CCCC[C@@H]1n1nc(Nc2ccc3c(c2)CNS3(=O)=O)c2c(=O)[nH]ccc21. The van der Waals surface area contributed by atoms with Crippen molar-refractivity contribution in [1.82, 2.24) is 19.5 Å². The van der Waals surface area contributed by atoms with Gasteiger partial charge in [-0.1, -0.05) is 6.42 Å². The van der Waals surface area contributed by atoms with Gasteiger partial charge in [0.25, 0.3) is 5.56 Å². The summed E-state index contributed by atoms with van der Waals surface area (Å²) >= 11 is 0. The van der Waals surface area contributed by atoms with Gasteiger partial charge in [-0.2, -0.15) is 5.10 Å². The van der Waals surface area contributed by atoms with E-state index < -0.39 is 10.0 Å². The van der Waals surface area contributed by atoms with Crippen LogP contribution >= 0.6 is 0 Å². The molecular weight excluding hydrogens is 404 g/mol. The lowest BCUT2D eigenvalue weighted by Crippen LogP contribution is -2.26. The number of aromatic amines is 1. The van der Waals surface area contributed by atoms with E-state index in [2.05, 4.69) is 19.9 Å². The van der Waals surface area contributed by atoms with E-state index in [4.69, 9.17) is 11.7 Å². The molecule has 10 heteroatoms. The summed E-state index contributed by atoms with van der Waals surface area (Å²) in [4.78, 5) is 19.4. The lowest BCUT2D eigenvalue weighted by Gasteiger charge is -2.24. The van der Waals surface area contributed by atoms with Crippen LogP contribution in [0.3, 0.4) is 0 Å². The molecule has 5 rings (SSSR count). The van der Waals surface area contributed by atoms with E-state index in [0.29, 0.717) is 28.0 Å². The van der Waals surface area contributed by atoms with E-state index in [1.807, 2.05) is 10.7 Å². The Bertz CT molecular complexity index is 1350. The van der Waals surface area contributed by atoms with Gasteiger partial charge in [-0.25, -0.2) is 19.7 Å². The second-order valence-corrected chi connectivity index (χ2v) is 9.42. The van der Waals surface area contributed by atoms with Gasteiger partial charge in [0, 0.05) is 24.8 Å². The maximum absolute atomic E-state index is 12.6. The second kappa shape index (κ2) is 6.97. The summed E-state index contributed by atoms with van der Waals surface area (Å²) < 4.78 is 28.2. The molecule has 0 radical (unpaired) electrons. The molecule has 1 aromatic carbocycles. The Labute approximate surface area is 173 Å². The van der Waals surface area contributed by atoms with Gasteiger partial charge in [0.1, 0.15) is 11.4 Å². The van der Waals surface area contributed by atoms with Crippen LogP contribution in [-0.2, 0) is 16.6 Å². The van der Waals surface area contributed by atoms with Crippen molar-refractivity contribution in [3.8, 4) is 0 Å². The minimum Gasteiger partial charge on any atom is -0.338 e. The lowest BCUT2D eigenvalue weighted by molar-refractivity contribution is 0.321. The van der Waals surface area contributed by atoms with E-state index in [1.54, 1.807) is 24.4 Å². The fourth-order valence-corrected chi connectivity index (χ4v) is 5.64. The van der Waals surface area contributed by atoms with Crippen molar-refractivity contribution >= 4 is 32.4 Å². The average Bonchev–Trinajstić information content (AvgIpc) is 3.26. The first-order chi connectivity index (χ1) is 14.5. The Morgan fingerprint density at radius 2 is 2.07 bits per heavy atom. The molecule has 1 aliphatic carbocycles. The fraction of sp³-hybridized carbons (Fsp3) is 0.350. The topological polar surface area (TPSA) is 113 Å². The minimum absolute atomic E-state index is 0.0783. The third-order valence-corrected chi connectivity index (χ3v) is 7.37. The van der Waals surface area contributed by atoms with E-state index >= 15 is 0 Å². The quantitative estimate of drug-likeness (QED) is 0.560. The van der Waals surface area contributed by atoms with Gasteiger partial charge >= 0.3 is 0 Å². The second-order valence-electron chi connectivity index (χ2n) is 7.68. The molecule has 3 aromatic rings. The largest absolute Gasteiger partial charge is 0.338 e. The van der Waals surface area contributed by atoms with Crippen LogP contribution < -0.4 is 15.6 Å². The molecule has 1 fully saturated rings. The molecule has 0 saturated heterocycles. The fourth-order valence-electron chi connectivity index (χ4n) is 4.41. The van der Waals surface area contributed by atoms with E-state index in [1.165, 1.54) is 0 Å². The first-order valence-electron chi connectivity index (χ1n) is 9.84. The zero-order valence-corrected chi connectivity index (χ0v) is 16.9. The van der Waals surface area contributed by atoms with Crippen molar-refractivity contribution < 1.29 is 8.42 Å². The van der Waals surface area contributed by atoms with Crippen molar-refractivity contribution in [3.05, 3.63) is 57.8 Å². The van der Waals surface area contributed by atoms with Crippen LogP contribution in [0, 0.1) is 6.57 Å². The molecule has 9 nitrogen and oxygen atoms in total. The zero-order valence-electron chi connectivity index (χ0n) is 16.1.